The standard InChI is InChI=1S/C25H33N5O.HI/c1-19-17-30(18-20(2)31-19)24-10-9-21(15-27-24)16-28-25(26-3)29-13-11-23(12-14-29)22-7-5-4-6-8-22;/h4-11,15,19-20H,12-14,16-18H2,1-3H3,(H,26,28);1H. The predicted octanol–water partition coefficient (Wildman–Crippen LogP) is 4.18. The molecule has 2 aliphatic rings. The van der Waals surface area contributed by atoms with Gasteiger partial charge in [-0.2, -0.15) is 0 Å². The molecule has 2 aliphatic heterocycles. The van der Waals surface area contributed by atoms with Crippen LogP contribution in [0, 0.1) is 0 Å². The van der Waals surface area contributed by atoms with Crippen LogP contribution < -0.4 is 10.2 Å². The van der Waals surface area contributed by atoms with E-state index in [9.17, 15) is 0 Å². The zero-order valence-corrected chi connectivity index (χ0v) is 21.5. The van der Waals surface area contributed by atoms with Crippen molar-refractivity contribution < 1.29 is 4.74 Å². The number of ether oxygens (including phenoxy) is 1. The van der Waals surface area contributed by atoms with E-state index in [1.807, 2.05) is 13.2 Å². The lowest BCUT2D eigenvalue weighted by atomic mass is 10.00. The van der Waals surface area contributed by atoms with Crippen LogP contribution in [-0.4, -0.2) is 61.3 Å². The third-order valence-corrected chi connectivity index (χ3v) is 5.87. The van der Waals surface area contributed by atoms with Crippen LogP contribution in [-0.2, 0) is 11.3 Å². The SMILES string of the molecule is CN=C(NCc1ccc(N2CC(C)OC(C)C2)nc1)N1CC=C(c2ccccc2)CC1.I. The highest BCUT2D eigenvalue weighted by molar-refractivity contribution is 14.0. The van der Waals surface area contributed by atoms with Crippen molar-refractivity contribution in [1.29, 1.82) is 0 Å². The number of anilines is 1. The van der Waals surface area contributed by atoms with Gasteiger partial charge in [-0.3, -0.25) is 4.99 Å². The van der Waals surface area contributed by atoms with Gasteiger partial charge in [0, 0.05) is 46.0 Å². The van der Waals surface area contributed by atoms with Crippen LogP contribution in [0.3, 0.4) is 0 Å². The van der Waals surface area contributed by atoms with Crippen LogP contribution in [0.2, 0.25) is 0 Å². The largest absolute Gasteiger partial charge is 0.372 e. The fourth-order valence-corrected chi connectivity index (χ4v) is 4.36. The van der Waals surface area contributed by atoms with Gasteiger partial charge < -0.3 is 19.9 Å². The summed E-state index contributed by atoms with van der Waals surface area (Å²) < 4.78 is 5.83. The van der Waals surface area contributed by atoms with E-state index in [4.69, 9.17) is 9.72 Å². The summed E-state index contributed by atoms with van der Waals surface area (Å²) in [5.41, 5.74) is 3.89. The lowest BCUT2D eigenvalue weighted by molar-refractivity contribution is -0.00545. The van der Waals surface area contributed by atoms with Crippen molar-refractivity contribution in [3.05, 3.63) is 65.9 Å². The number of benzene rings is 1. The first kappa shape index (κ1) is 24.5. The number of pyridine rings is 1. The van der Waals surface area contributed by atoms with Gasteiger partial charge in [-0.1, -0.05) is 42.5 Å². The molecule has 1 aromatic heterocycles. The number of hydrogen-bond donors (Lipinski definition) is 1. The Kier molecular flexibility index (Phi) is 8.92. The number of halogens is 1. The highest BCUT2D eigenvalue weighted by Gasteiger charge is 2.23. The minimum Gasteiger partial charge on any atom is -0.372 e. The van der Waals surface area contributed by atoms with Crippen LogP contribution in [0.25, 0.3) is 5.57 Å². The van der Waals surface area contributed by atoms with Gasteiger partial charge in [0.2, 0.25) is 0 Å². The molecule has 0 amide bonds. The Morgan fingerprint density at radius 1 is 1.12 bits per heavy atom. The molecule has 2 aromatic rings. The van der Waals surface area contributed by atoms with Crippen molar-refractivity contribution in [2.75, 3.05) is 38.1 Å². The number of nitrogens with one attached hydrogen (secondary N) is 1. The van der Waals surface area contributed by atoms with Crippen molar-refractivity contribution in [3.8, 4) is 0 Å². The molecule has 32 heavy (non-hydrogen) atoms. The second-order valence-electron chi connectivity index (χ2n) is 8.38. The van der Waals surface area contributed by atoms with E-state index in [1.165, 1.54) is 11.1 Å². The van der Waals surface area contributed by atoms with Crippen molar-refractivity contribution in [1.82, 2.24) is 15.2 Å². The fraction of sp³-hybridized carbons (Fsp3) is 0.440. The van der Waals surface area contributed by atoms with Crippen LogP contribution in [0.15, 0.2) is 59.7 Å². The number of rotatable bonds is 4. The van der Waals surface area contributed by atoms with Gasteiger partial charge in [-0.15, -0.1) is 24.0 Å². The Morgan fingerprint density at radius 3 is 2.47 bits per heavy atom. The second kappa shape index (κ2) is 11.7. The summed E-state index contributed by atoms with van der Waals surface area (Å²) in [5, 5.41) is 3.50. The van der Waals surface area contributed by atoms with Crippen molar-refractivity contribution >= 4 is 41.3 Å². The summed E-state index contributed by atoms with van der Waals surface area (Å²) in [5.74, 6) is 1.95. The number of hydrogen-bond acceptors (Lipinski definition) is 4. The smallest absolute Gasteiger partial charge is 0.194 e. The molecule has 0 bridgehead atoms. The lowest BCUT2D eigenvalue weighted by Gasteiger charge is -2.36. The molecule has 0 saturated carbocycles. The van der Waals surface area contributed by atoms with Gasteiger partial charge in [0.15, 0.2) is 5.96 Å². The monoisotopic (exact) mass is 547 g/mol. The fourth-order valence-electron chi connectivity index (χ4n) is 4.36. The van der Waals surface area contributed by atoms with Crippen molar-refractivity contribution in [2.45, 2.75) is 39.0 Å². The Bertz CT molecular complexity index is 906. The summed E-state index contributed by atoms with van der Waals surface area (Å²) in [7, 11) is 1.85. The number of aliphatic imine (C=N–C) groups is 1. The number of guanidine groups is 1. The molecule has 4 rings (SSSR count). The third kappa shape index (κ3) is 6.22. The maximum atomic E-state index is 5.83. The van der Waals surface area contributed by atoms with Crippen LogP contribution in [0.4, 0.5) is 5.82 Å². The topological polar surface area (TPSA) is 53.0 Å². The molecule has 7 heteroatoms. The maximum absolute atomic E-state index is 5.83. The van der Waals surface area contributed by atoms with E-state index in [2.05, 4.69) is 82.5 Å². The summed E-state index contributed by atoms with van der Waals surface area (Å²) in [4.78, 5) is 13.8. The number of nitrogens with zero attached hydrogens (tertiary/aromatic N) is 4. The average molecular weight is 547 g/mol. The predicted molar refractivity (Wildman–Crippen MR) is 143 cm³/mol. The second-order valence-corrected chi connectivity index (χ2v) is 8.38. The first-order valence-corrected chi connectivity index (χ1v) is 11.2. The van der Waals surface area contributed by atoms with Gasteiger partial charge in [-0.25, -0.2) is 4.98 Å². The van der Waals surface area contributed by atoms with Crippen LogP contribution in [0.1, 0.15) is 31.4 Å². The summed E-state index contributed by atoms with van der Waals surface area (Å²) in [6.07, 6.45) is 5.76. The quantitative estimate of drug-likeness (QED) is 0.354. The van der Waals surface area contributed by atoms with E-state index in [0.29, 0.717) is 6.54 Å². The lowest BCUT2D eigenvalue weighted by Crippen LogP contribution is -2.45. The minimum absolute atomic E-state index is 0. The number of aromatic nitrogens is 1. The highest BCUT2D eigenvalue weighted by atomic mass is 127. The molecule has 1 N–H and O–H groups in total. The molecule has 1 fully saturated rings. The van der Waals surface area contributed by atoms with Gasteiger partial charge >= 0.3 is 0 Å². The Morgan fingerprint density at radius 2 is 1.88 bits per heavy atom. The Hall–Kier alpha value is -2.13. The molecule has 2 unspecified atom stereocenters. The molecule has 172 valence electrons. The molecule has 6 nitrogen and oxygen atoms in total. The molecule has 1 aromatic carbocycles. The third-order valence-electron chi connectivity index (χ3n) is 5.87. The molecule has 0 spiro atoms. The van der Waals surface area contributed by atoms with Crippen LogP contribution >= 0.6 is 24.0 Å². The molecular weight excluding hydrogens is 513 g/mol. The normalized spacial score (nSPS) is 21.6. The van der Waals surface area contributed by atoms with Crippen molar-refractivity contribution in [3.63, 3.8) is 0 Å². The van der Waals surface area contributed by atoms with E-state index in [1.54, 1.807) is 0 Å². The zero-order valence-electron chi connectivity index (χ0n) is 19.2. The molecular formula is C25H34IN5O. The van der Waals surface area contributed by atoms with E-state index in [0.717, 1.165) is 49.9 Å². The first-order chi connectivity index (χ1) is 15.1. The Balaban J connectivity index is 0.00000289. The Labute approximate surface area is 208 Å². The van der Waals surface area contributed by atoms with Gasteiger partial charge in [0.25, 0.3) is 0 Å². The molecule has 2 atom stereocenters. The number of morpholine rings is 1. The molecule has 0 aliphatic carbocycles. The van der Waals surface area contributed by atoms with Gasteiger partial charge in [0.05, 0.1) is 12.2 Å². The van der Waals surface area contributed by atoms with Crippen molar-refractivity contribution in [2.24, 2.45) is 4.99 Å². The van der Waals surface area contributed by atoms with Gasteiger partial charge in [0.1, 0.15) is 5.82 Å². The maximum Gasteiger partial charge on any atom is 0.194 e. The van der Waals surface area contributed by atoms with Gasteiger partial charge in [-0.05, 0) is 43.0 Å². The summed E-state index contributed by atoms with van der Waals surface area (Å²) in [6.45, 7) is 8.54. The summed E-state index contributed by atoms with van der Waals surface area (Å²) in [6, 6.07) is 14.9. The molecule has 0 radical (unpaired) electrons. The van der Waals surface area contributed by atoms with E-state index in [-0.39, 0.29) is 36.2 Å². The molecule has 1 saturated heterocycles. The molecule has 3 heterocycles. The van der Waals surface area contributed by atoms with E-state index < -0.39 is 0 Å². The minimum atomic E-state index is 0. The zero-order chi connectivity index (χ0) is 21.6. The van der Waals surface area contributed by atoms with E-state index >= 15 is 0 Å². The average Bonchev–Trinajstić information content (AvgIpc) is 2.80. The first-order valence-electron chi connectivity index (χ1n) is 11.2. The highest BCUT2D eigenvalue weighted by Crippen LogP contribution is 2.22. The summed E-state index contributed by atoms with van der Waals surface area (Å²) >= 11 is 0. The van der Waals surface area contributed by atoms with Crippen LogP contribution in [0.5, 0.6) is 0 Å².